The molecule has 156 valence electrons. The standard InChI is InChI=1S/C23H22F6/c1-3-4-14-5-7-15(8-6-14)16-9-10-17(19(24)11-16)18-12-20(25)21(23(27,28)29)22(26)13(18)2/h7,9-12,14H,3-6,8H2,1-2H3. The maximum Gasteiger partial charge on any atom is 0.422 e. The average molecular weight is 412 g/mol. The monoisotopic (exact) mass is 412 g/mol. The molecule has 2 aromatic rings. The molecule has 1 aliphatic carbocycles. The molecule has 1 unspecified atom stereocenters. The Kier molecular flexibility index (Phi) is 6.11. The number of benzene rings is 2. The molecule has 29 heavy (non-hydrogen) atoms. The van der Waals surface area contributed by atoms with Crippen LogP contribution < -0.4 is 0 Å². The van der Waals surface area contributed by atoms with Crippen LogP contribution in [0.5, 0.6) is 0 Å². The maximum absolute atomic E-state index is 14.8. The van der Waals surface area contributed by atoms with E-state index in [0.29, 0.717) is 17.5 Å². The maximum atomic E-state index is 14.8. The lowest BCUT2D eigenvalue weighted by atomic mass is 9.84. The Balaban J connectivity index is 1.96. The average Bonchev–Trinajstić information content (AvgIpc) is 2.65. The van der Waals surface area contributed by atoms with Crippen LogP contribution in [-0.4, -0.2) is 0 Å². The van der Waals surface area contributed by atoms with Gasteiger partial charge in [-0.3, -0.25) is 0 Å². The van der Waals surface area contributed by atoms with Gasteiger partial charge in [-0.25, -0.2) is 13.2 Å². The summed E-state index contributed by atoms with van der Waals surface area (Å²) in [5.74, 6) is -3.56. The molecule has 0 heterocycles. The Hall–Kier alpha value is -2.24. The lowest BCUT2D eigenvalue weighted by molar-refractivity contribution is -0.142. The molecule has 2 aromatic carbocycles. The van der Waals surface area contributed by atoms with Crippen molar-refractivity contribution in [1.82, 2.24) is 0 Å². The van der Waals surface area contributed by atoms with E-state index in [0.717, 1.165) is 44.6 Å². The van der Waals surface area contributed by atoms with Gasteiger partial charge in [0.1, 0.15) is 23.0 Å². The highest BCUT2D eigenvalue weighted by molar-refractivity contribution is 5.73. The molecule has 0 aliphatic heterocycles. The van der Waals surface area contributed by atoms with Crippen LogP contribution in [0.4, 0.5) is 26.3 Å². The predicted molar refractivity (Wildman–Crippen MR) is 102 cm³/mol. The Bertz CT molecular complexity index is 939. The molecule has 1 aliphatic rings. The van der Waals surface area contributed by atoms with Crippen molar-refractivity contribution < 1.29 is 26.3 Å². The summed E-state index contributed by atoms with van der Waals surface area (Å²) in [7, 11) is 0. The topological polar surface area (TPSA) is 0 Å². The van der Waals surface area contributed by atoms with Crippen LogP contribution in [0, 0.1) is 30.3 Å². The first-order valence-corrected chi connectivity index (χ1v) is 9.68. The van der Waals surface area contributed by atoms with Gasteiger partial charge in [-0.15, -0.1) is 0 Å². The largest absolute Gasteiger partial charge is 0.422 e. The second-order valence-electron chi connectivity index (χ2n) is 7.57. The van der Waals surface area contributed by atoms with Crippen molar-refractivity contribution in [2.75, 3.05) is 0 Å². The van der Waals surface area contributed by atoms with Gasteiger partial charge in [0.05, 0.1) is 0 Å². The van der Waals surface area contributed by atoms with Crippen LogP contribution in [0.15, 0.2) is 30.3 Å². The van der Waals surface area contributed by atoms with Crippen LogP contribution in [0.2, 0.25) is 0 Å². The van der Waals surface area contributed by atoms with E-state index < -0.39 is 34.8 Å². The fourth-order valence-corrected chi connectivity index (χ4v) is 4.01. The van der Waals surface area contributed by atoms with Crippen LogP contribution in [0.3, 0.4) is 0 Å². The Morgan fingerprint density at radius 3 is 2.28 bits per heavy atom. The van der Waals surface area contributed by atoms with Crippen molar-refractivity contribution >= 4 is 5.57 Å². The molecule has 0 radical (unpaired) electrons. The summed E-state index contributed by atoms with van der Waals surface area (Å²) in [5, 5.41) is 0. The van der Waals surface area contributed by atoms with Crippen molar-refractivity contribution in [3.8, 4) is 11.1 Å². The molecule has 0 saturated carbocycles. The van der Waals surface area contributed by atoms with Gasteiger partial charge in [-0.2, -0.15) is 13.2 Å². The minimum absolute atomic E-state index is 0.127. The van der Waals surface area contributed by atoms with Crippen molar-refractivity contribution in [1.29, 1.82) is 0 Å². The quantitative estimate of drug-likeness (QED) is 0.445. The van der Waals surface area contributed by atoms with Gasteiger partial charge in [-0.1, -0.05) is 38.0 Å². The molecule has 0 amide bonds. The molecule has 3 rings (SSSR count). The van der Waals surface area contributed by atoms with E-state index in [2.05, 4.69) is 13.0 Å². The summed E-state index contributed by atoms with van der Waals surface area (Å²) >= 11 is 0. The number of rotatable bonds is 4. The van der Waals surface area contributed by atoms with Gasteiger partial charge < -0.3 is 0 Å². The third-order valence-electron chi connectivity index (χ3n) is 5.59. The normalized spacial score (nSPS) is 17.4. The van der Waals surface area contributed by atoms with Crippen molar-refractivity contribution in [2.24, 2.45) is 5.92 Å². The Morgan fingerprint density at radius 1 is 1.00 bits per heavy atom. The SMILES string of the molecule is CCCC1CC=C(c2ccc(-c3cc(F)c(C(F)(F)F)c(F)c3C)c(F)c2)CC1. The van der Waals surface area contributed by atoms with E-state index >= 15 is 0 Å². The molecule has 6 heteroatoms. The van der Waals surface area contributed by atoms with Gasteiger partial charge >= 0.3 is 6.18 Å². The first-order valence-electron chi connectivity index (χ1n) is 9.68. The molecular weight excluding hydrogens is 390 g/mol. The van der Waals surface area contributed by atoms with Crippen molar-refractivity contribution in [3.63, 3.8) is 0 Å². The lowest BCUT2D eigenvalue weighted by Gasteiger charge is -2.22. The molecule has 0 N–H and O–H groups in total. The van der Waals surface area contributed by atoms with Gasteiger partial charge in [0, 0.05) is 5.56 Å². The highest BCUT2D eigenvalue weighted by atomic mass is 19.4. The summed E-state index contributed by atoms with van der Waals surface area (Å²) in [5.41, 5.74) is -1.04. The van der Waals surface area contributed by atoms with Crippen molar-refractivity contribution in [3.05, 3.63) is 64.5 Å². The molecule has 0 spiro atoms. The summed E-state index contributed by atoms with van der Waals surface area (Å²) in [6, 6.07) is 4.86. The van der Waals surface area contributed by atoms with Crippen LogP contribution in [-0.2, 0) is 6.18 Å². The zero-order valence-corrected chi connectivity index (χ0v) is 16.3. The van der Waals surface area contributed by atoms with Gasteiger partial charge in [0.2, 0.25) is 0 Å². The highest BCUT2D eigenvalue weighted by Crippen LogP contribution is 2.39. The predicted octanol–water partition coefficient (Wildman–Crippen LogP) is 8.08. The molecule has 0 saturated heterocycles. The minimum Gasteiger partial charge on any atom is -0.206 e. The molecular formula is C23H22F6. The summed E-state index contributed by atoms with van der Waals surface area (Å²) in [6.07, 6.45) is 1.99. The van der Waals surface area contributed by atoms with E-state index in [1.807, 2.05) is 0 Å². The molecule has 0 bridgehead atoms. The number of hydrogen-bond acceptors (Lipinski definition) is 0. The number of alkyl halides is 3. The van der Waals surface area contributed by atoms with E-state index in [9.17, 15) is 26.3 Å². The molecule has 1 atom stereocenters. The Morgan fingerprint density at radius 2 is 1.72 bits per heavy atom. The van der Waals surface area contributed by atoms with Crippen LogP contribution in [0.1, 0.15) is 55.7 Å². The third kappa shape index (κ3) is 4.36. The smallest absolute Gasteiger partial charge is 0.206 e. The lowest BCUT2D eigenvalue weighted by Crippen LogP contribution is -2.13. The van der Waals surface area contributed by atoms with E-state index in [-0.39, 0.29) is 11.1 Å². The van der Waals surface area contributed by atoms with Crippen molar-refractivity contribution in [2.45, 2.75) is 52.1 Å². The minimum atomic E-state index is -5.16. The fraction of sp³-hybridized carbons (Fsp3) is 0.391. The van der Waals surface area contributed by atoms with Crippen LogP contribution in [0.25, 0.3) is 16.7 Å². The second-order valence-corrected chi connectivity index (χ2v) is 7.57. The summed E-state index contributed by atoms with van der Waals surface area (Å²) in [6.45, 7) is 3.23. The zero-order valence-electron chi connectivity index (χ0n) is 16.3. The fourth-order valence-electron chi connectivity index (χ4n) is 4.01. The first-order chi connectivity index (χ1) is 13.6. The van der Waals surface area contributed by atoms with Crippen LogP contribution >= 0.6 is 0 Å². The first kappa shape index (κ1) is 21.5. The summed E-state index contributed by atoms with van der Waals surface area (Å²) in [4.78, 5) is 0. The summed E-state index contributed by atoms with van der Waals surface area (Å²) < 4.78 is 81.6. The van der Waals surface area contributed by atoms with E-state index in [1.165, 1.54) is 12.1 Å². The molecule has 0 fully saturated rings. The number of allylic oxidation sites excluding steroid dienone is 2. The zero-order chi connectivity index (χ0) is 21.3. The van der Waals surface area contributed by atoms with E-state index in [1.54, 1.807) is 6.07 Å². The second kappa shape index (κ2) is 8.25. The Labute approximate surface area is 166 Å². The molecule has 0 aromatic heterocycles. The highest BCUT2D eigenvalue weighted by Gasteiger charge is 2.39. The van der Waals surface area contributed by atoms with Gasteiger partial charge in [-0.05, 0) is 66.5 Å². The third-order valence-corrected chi connectivity index (χ3v) is 5.59. The molecule has 0 nitrogen and oxygen atoms in total. The van der Waals surface area contributed by atoms with Gasteiger partial charge in [0.15, 0.2) is 0 Å². The number of hydrogen-bond donors (Lipinski definition) is 0. The number of halogens is 6. The van der Waals surface area contributed by atoms with E-state index in [4.69, 9.17) is 0 Å². The van der Waals surface area contributed by atoms with Gasteiger partial charge in [0.25, 0.3) is 0 Å².